The molecule has 32 heavy (non-hydrogen) atoms. The van der Waals surface area contributed by atoms with E-state index in [1.54, 1.807) is 28.6 Å². The van der Waals surface area contributed by atoms with Crippen molar-refractivity contribution in [1.82, 2.24) is 9.21 Å². The second-order valence-electron chi connectivity index (χ2n) is 8.86. The van der Waals surface area contributed by atoms with E-state index in [9.17, 15) is 18.3 Å². The zero-order chi connectivity index (χ0) is 22.6. The van der Waals surface area contributed by atoms with E-state index in [1.165, 1.54) is 5.56 Å². The number of rotatable bonds is 6. The summed E-state index contributed by atoms with van der Waals surface area (Å²) in [5.74, 6) is 0.853. The molecule has 172 valence electrons. The Labute approximate surface area is 190 Å². The molecule has 0 radical (unpaired) electrons. The van der Waals surface area contributed by atoms with Crippen molar-refractivity contribution < 1.29 is 18.3 Å². The first-order valence-corrected chi connectivity index (χ1v) is 13.0. The zero-order valence-electron chi connectivity index (χ0n) is 18.4. The van der Waals surface area contributed by atoms with Crippen molar-refractivity contribution in [3.63, 3.8) is 0 Å². The van der Waals surface area contributed by atoms with Gasteiger partial charge in [0.15, 0.2) is 0 Å². The van der Waals surface area contributed by atoms with Crippen LogP contribution >= 0.6 is 0 Å². The van der Waals surface area contributed by atoms with Crippen LogP contribution in [0.1, 0.15) is 55.6 Å². The van der Waals surface area contributed by atoms with Crippen LogP contribution in [0.15, 0.2) is 53.4 Å². The second kappa shape index (κ2) is 10.0. The third-order valence-electron chi connectivity index (χ3n) is 6.72. The van der Waals surface area contributed by atoms with Crippen molar-refractivity contribution in [3.05, 3.63) is 59.7 Å². The minimum Gasteiger partial charge on any atom is -0.508 e. The number of piperidine rings is 2. The standard InChI is InChI=1S/C25H32N2O4S/c28-23-9-7-21(8-10-23)22-14-18-26(19-15-22)25(29)13-6-20-4-11-24(12-5-20)32(30,31)27-16-2-1-3-17-27/h4-5,7-12,22,28H,1-3,6,13-19H2. The van der Waals surface area contributed by atoms with Gasteiger partial charge in [-0.2, -0.15) is 4.31 Å². The van der Waals surface area contributed by atoms with Gasteiger partial charge in [0.25, 0.3) is 0 Å². The summed E-state index contributed by atoms with van der Waals surface area (Å²) in [6, 6.07) is 14.4. The summed E-state index contributed by atoms with van der Waals surface area (Å²) in [4.78, 5) is 15.0. The summed E-state index contributed by atoms with van der Waals surface area (Å²) in [5, 5.41) is 9.45. The van der Waals surface area contributed by atoms with Crippen molar-refractivity contribution >= 4 is 15.9 Å². The van der Waals surface area contributed by atoms with Crippen LogP contribution in [0, 0.1) is 0 Å². The molecule has 2 aliphatic rings. The lowest BCUT2D eigenvalue weighted by molar-refractivity contribution is -0.132. The molecule has 0 unspecified atom stereocenters. The molecule has 0 aromatic heterocycles. The SMILES string of the molecule is O=C(CCc1ccc(S(=O)(=O)N2CCCCC2)cc1)N1CCC(c2ccc(O)cc2)CC1. The maximum atomic E-state index is 12.8. The lowest BCUT2D eigenvalue weighted by atomic mass is 9.89. The molecule has 0 bridgehead atoms. The van der Waals surface area contributed by atoms with Crippen molar-refractivity contribution in [2.45, 2.75) is 55.8 Å². The van der Waals surface area contributed by atoms with Gasteiger partial charge >= 0.3 is 0 Å². The van der Waals surface area contributed by atoms with Crippen LogP contribution in [-0.2, 0) is 21.2 Å². The highest BCUT2D eigenvalue weighted by Gasteiger charge is 2.26. The number of aryl methyl sites for hydroxylation is 1. The van der Waals surface area contributed by atoms with Crippen molar-refractivity contribution in [2.24, 2.45) is 0 Å². The molecule has 2 heterocycles. The van der Waals surface area contributed by atoms with E-state index in [2.05, 4.69) is 0 Å². The quantitative estimate of drug-likeness (QED) is 0.715. The van der Waals surface area contributed by atoms with E-state index in [1.807, 2.05) is 29.2 Å². The maximum Gasteiger partial charge on any atom is 0.243 e. The van der Waals surface area contributed by atoms with Crippen molar-refractivity contribution in [1.29, 1.82) is 0 Å². The number of amides is 1. The summed E-state index contributed by atoms with van der Waals surface area (Å²) >= 11 is 0. The molecule has 0 saturated carbocycles. The van der Waals surface area contributed by atoms with Crippen molar-refractivity contribution in [3.8, 4) is 5.75 Å². The van der Waals surface area contributed by atoms with Crippen molar-refractivity contribution in [2.75, 3.05) is 26.2 Å². The fourth-order valence-corrected chi connectivity index (χ4v) is 6.22. The number of hydrogen-bond acceptors (Lipinski definition) is 4. The Morgan fingerprint density at radius 3 is 2.12 bits per heavy atom. The molecule has 7 heteroatoms. The van der Waals surface area contributed by atoms with Gasteiger partial charge < -0.3 is 10.0 Å². The summed E-state index contributed by atoms with van der Waals surface area (Å²) in [7, 11) is -3.41. The van der Waals surface area contributed by atoms with Gasteiger partial charge in [0.1, 0.15) is 5.75 Å². The molecule has 6 nitrogen and oxygen atoms in total. The lowest BCUT2D eigenvalue weighted by Gasteiger charge is -2.32. The lowest BCUT2D eigenvalue weighted by Crippen LogP contribution is -2.38. The summed E-state index contributed by atoms with van der Waals surface area (Å²) in [6.07, 6.45) is 5.84. The number of nitrogens with zero attached hydrogens (tertiary/aromatic N) is 2. The molecule has 2 fully saturated rings. The highest BCUT2D eigenvalue weighted by atomic mass is 32.2. The Bertz CT molecular complexity index is 1000. The molecule has 1 N–H and O–H groups in total. The maximum absolute atomic E-state index is 12.8. The molecule has 2 aliphatic heterocycles. The monoisotopic (exact) mass is 456 g/mol. The van der Waals surface area contributed by atoms with Gasteiger partial charge in [-0.25, -0.2) is 8.42 Å². The highest BCUT2D eigenvalue weighted by molar-refractivity contribution is 7.89. The molecular weight excluding hydrogens is 424 g/mol. The van der Waals surface area contributed by atoms with E-state index in [0.29, 0.717) is 36.7 Å². The average molecular weight is 457 g/mol. The molecule has 0 atom stereocenters. The molecule has 2 aromatic carbocycles. The summed E-state index contributed by atoms with van der Waals surface area (Å²) < 4.78 is 27.1. The van der Waals surface area contributed by atoms with Gasteiger partial charge in [-0.3, -0.25) is 4.79 Å². The summed E-state index contributed by atoms with van der Waals surface area (Å²) in [5.41, 5.74) is 2.20. The Morgan fingerprint density at radius 2 is 1.50 bits per heavy atom. The molecule has 2 saturated heterocycles. The number of phenolic OH excluding ortho intramolecular Hbond substituents is 1. The number of carbonyl (C=O) groups is 1. The smallest absolute Gasteiger partial charge is 0.243 e. The Morgan fingerprint density at radius 1 is 0.875 bits per heavy atom. The summed E-state index contributed by atoms with van der Waals surface area (Å²) in [6.45, 7) is 2.69. The Kier molecular flexibility index (Phi) is 7.16. The van der Waals surface area contributed by atoms with Crippen LogP contribution in [0.5, 0.6) is 5.75 Å². The zero-order valence-corrected chi connectivity index (χ0v) is 19.3. The predicted octanol–water partition coefficient (Wildman–Crippen LogP) is 3.91. The van der Waals surface area contributed by atoms with Gasteiger partial charge in [-0.1, -0.05) is 30.7 Å². The van der Waals surface area contributed by atoms with E-state index in [4.69, 9.17) is 0 Å². The van der Waals surface area contributed by atoms with Gasteiger partial charge in [0, 0.05) is 32.6 Å². The highest BCUT2D eigenvalue weighted by Crippen LogP contribution is 2.29. The number of hydrogen-bond donors (Lipinski definition) is 1. The van der Waals surface area contributed by atoms with Crippen LogP contribution in [-0.4, -0.2) is 54.8 Å². The molecule has 0 aliphatic carbocycles. The molecule has 2 aromatic rings. The number of phenols is 1. The number of carbonyl (C=O) groups excluding carboxylic acids is 1. The molecule has 1 amide bonds. The first-order valence-electron chi connectivity index (χ1n) is 11.6. The minimum absolute atomic E-state index is 0.152. The second-order valence-corrected chi connectivity index (χ2v) is 10.8. The van der Waals surface area contributed by atoms with Crippen LogP contribution in [0.25, 0.3) is 0 Å². The topological polar surface area (TPSA) is 77.9 Å². The number of sulfonamides is 1. The van der Waals surface area contributed by atoms with Crippen LogP contribution in [0.2, 0.25) is 0 Å². The third kappa shape index (κ3) is 5.33. The Hall–Kier alpha value is -2.38. The molecule has 0 spiro atoms. The van der Waals surface area contributed by atoms with E-state index < -0.39 is 10.0 Å². The fourth-order valence-electron chi connectivity index (χ4n) is 4.70. The third-order valence-corrected chi connectivity index (χ3v) is 8.63. The largest absolute Gasteiger partial charge is 0.508 e. The number of benzene rings is 2. The van der Waals surface area contributed by atoms with Gasteiger partial charge in [-0.05, 0) is 73.4 Å². The van der Waals surface area contributed by atoms with E-state index in [0.717, 1.165) is 50.8 Å². The van der Waals surface area contributed by atoms with Gasteiger partial charge in [0.2, 0.25) is 15.9 Å². The first kappa shape index (κ1) is 22.8. The minimum atomic E-state index is -3.41. The van der Waals surface area contributed by atoms with Crippen LogP contribution in [0.3, 0.4) is 0 Å². The van der Waals surface area contributed by atoms with E-state index in [-0.39, 0.29) is 11.7 Å². The fraction of sp³-hybridized carbons (Fsp3) is 0.480. The molecular formula is C25H32N2O4S. The number of likely N-dealkylation sites (tertiary alicyclic amines) is 1. The Balaban J connectivity index is 1.26. The normalized spacial score (nSPS) is 18.6. The van der Waals surface area contributed by atoms with E-state index >= 15 is 0 Å². The molecule has 4 rings (SSSR count). The average Bonchev–Trinajstić information content (AvgIpc) is 2.84. The predicted molar refractivity (Wildman–Crippen MR) is 124 cm³/mol. The van der Waals surface area contributed by atoms with Crippen LogP contribution < -0.4 is 0 Å². The first-order chi connectivity index (χ1) is 15.4. The van der Waals surface area contributed by atoms with Gasteiger partial charge in [-0.15, -0.1) is 0 Å². The number of aromatic hydroxyl groups is 1. The van der Waals surface area contributed by atoms with Gasteiger partial charge in [0.05, 0.1) is 4.90 Å². The van der Waals surface area contributed by atoms with Crippen LogP contribution in [0.4, 0.5) is 0 Å².